The predicted molar refractivity (Wildman–Crippen MR) is 128 cm³/mol. The summed E-state index contributed by atoms with van der Waals surface area (Å²) in [6, 6.07) is 16.8. The van der Waals surface area contributed by atoms with Gasteiger partial charge in [-0.15, -0.1) is 0 Å². The summed E-state index contributed by atoms with van der Waals surface area (Å²) in [5, 5.41) is 13.2. The molecular formula is C27H19F4N5O2. The summed E-state index contributed by atoms with van der Waals surface area (Å²) in [4.78, 5) is 27.8. The van der Waals surface area contributed by atoms with Crippen LogP contribution < -0.4 is 15.6 Å². The average Bonchev–Trinajstić information content (AvgIpc) is 2.89. The maximum absolute atomic E-state index is 14.3. The fraction of sp³-hybridized carbons (Fsp3) is 0.148. The number of amides is 3. The van der Waals surface area contributed by atoms with Gasteiger partial charge in [0.2, 0.25) is 0 Å². The fourth-order valence-electron chi connectivity index (χ4n) is 4.53. The lowest BCUT2D eigenvalue weighted by Crippen LogP contribution is -2.58. The van der Waals surface area contributed by atoms with Crippen LogP contribution in [-0.2, 0) is 17.5 Å². The highest BCUT2D eigenvalue weighted by molar-refractivity contribution is 6.05. The van der Waals surface area contributed by atoms with Gasteiger partial charge < -0.3 is 5.32 Å². The van der Waals surface area contributed by atoms with Gasteiger partial charge in [0, 0.05) is 12.1 Å². The SMILES string of the molecule is N#Cc1ccc([C@H]2NC(=O)N(c3cccc(C(F)(F)F)c3)C3=C2C(=O)NN(Cc2ccccc2F)C3)cc1. The zero-order chi connectivity index (χ0) is 27.0. The standard InChI is InChI=1S/C27H19F4N5O2/c28-21-7-2-1-4-18(21)14-35-15-22-23(25(37)34-35)24(17-10-8-16(13-32)9-11-17)33-26(38)36(22)20-6-3-5-19(12-20)27(29,30)31/h1-12,24H,14-15H2,(H,33,38)(H,34,37)/t24-/m1/s1. The molecule has 0 saturated heterocycles. The number of benzene rings is 3. The number of nitrogens with zero attached hydrogens (tertiary/aromatic N) is 3. The van der Waals surface area contributed by atoms with Crippen molar-refractivity contribution < 1.29 is 27.2 Å². The first kappa shape index (κ1) is 25.0. The number of hydrogen-bond acceptors (Lipinski definition) is 4. The number of nitrogens with one attached hydrogen (secondary N) is 2. The molecule has 2 aliphatic heterocycles. The van der Waals surface area contributed by atoms with Crippen LogP contribution in [0.4, 0.5) is 28.0 Å². The first-order chi connectivity index (χ1) is 18.2. The molecule has 0 aromatic heterocycles. The van der Waals surface area contributed by atoms with Crippen molar-refractivity contribution in [3.8, 4) is 6.07 Å². The van der Waals surface area contributed by atoms with Crippen molar-refractivity contribution in [3.05, 3.63) is 112 Å². The van der Waals surface area contributed by atoms with Crippen LogP contribution in [0, 0.1) is 17.1 Å². The molecule has 7 nitrogen and oxygen atoms in total. The molecule has 0 spiro atoms. The number of nitriles is 1. The Labute approximate surface area is 214 Å². The molecule has 3 aromatic carbocycles. The van der Waals surface area contributed by atoms with Crippen LogP contribution in [0.3, 0.4) is 0 Å². The Bertz CT molecular complexity index is 1490. The van der Waals surface area contributed by atoms with Crippen LogP contribution >= 0.6 is 0 Å². The summed E-state index contributed by atoms with van der Waals surface area (Å²) in [6.07, 6.45) is -4.65. The monoisotopic (exact) mass is 521 g/mol. The largest absolute Gasteiger partial charge is 0.416 e. The van der Waals surface area contributed by atoms with E-state index < -0.39 is 35.5 Å². The maximum Gasteiger partial charge on any atom is 0.416 e. The summed E-state index contributed by atoms with van der Waals surface area (Å²) in [5.41, 5.74) is 3.10. The molecule has 2 heterocycles. The predicted octanol–water partition coefficient (Wildman–Crippen LogP) is 4.79. The summed E-state index contributed by atoms with van der Waals surface area (Å²) in [7, 11) is 0. The van der Waals surface area contributed by atoms with Crippen LogP contribution in [0.5, 0.6) is 0 Å². The van der Waals surface area contributed by atoms with Gasteiger partial charge in [-0.3, -0.25) is 15.1 Å². The lowest BCUT2D eigenvalue weighted by Gasteiger charge is -2.42. The Kier molecular flexibility index (Phi) is 6.34. The first-order valence-corrected chi connectivity index (χ1v) is 11.5. The number of hydrogen-bond donors (Lipinski definition) is 2. The smallest absolute Gasteiger partial charge is 0.326 e. The van der Waals surface area contributed by atoms with Gasteiger partial charge in [-0.25, -0.2) is 14.2 Å². The van der Waals surface area contributed by atoms with E-state index in [1.54, 1.807) is 24.3 Å². The molecule has 3 aromatic rings. The molecule has 3 amide bonds. The van der Waals surface area contributed by atoms with Crippen LogP contribution in [0.1, 0.15) is 28.3 Å². The molecule has 0 radical (unpaired) electrons. The fourth-order valence-corrected chi connectivity index (χ4v) is 4.53. The Morgan fingerprint density at radius 3 is 2.42 bits per heavy atom. The van der Waals surface area contributed by atoms with Crippen LogP contribution in [0.15, 0.2) is 84.1 Å². The summed E-state index contributed by atoms with van der Waals surface area (Å²) >= 11 is 0. The lowest BCUT2D eigenvalue weighted by atomic mass is 9.92. The molecule has 0 unspecified atom stereocenters. The van der Waals surface area contributed by atoms with E-state index >= 15 is 0 Å². The van der Waals surface area contributed by atoms with Crippen molar-refractivity contribution >= 4 is 17.6 Å². The Hall–Kier alpha value is -4.69. The number of urea groups is 1. The summed E-state index contributed by atoms with van der Waals surface area (Å²) in [6.45, 7) is -0.138. The number of halogens is 4. The zero-order valence-corrected chi connectivity index (χ0v) is 19.6. The van der Waals surface area contributed by atoms with Crippen molar-refractivity contribution in [2.75, 3.05) is 11.4 Å². The third kappa shape index (κ3) is 4.69. The van der Waals surface area contributed by atoms with E-state index in [1.807, 2.05) is 6.07 Å². The van der Waals surface area contributed by atoms with Crippen molar-refractivity contribution in [2.45, 2.75) is 18.8 Å². The van der Waals surface area contributed by atoms with E-state index in [2.05, 4.69) is 10.7 Å². The third-order valence-corrected chi connectivity index (χ3v) is 6.31. The maximum atomic E-state index is 14.3. The molecule has 38 heavy (non-hydrogen) atoms. The van der Waals surface area contributed by atoms with Gasteiger partial charge in [0.05, 0.1) is 46.7 Å². The van der Waals surface area contributed by atoms with E-state index in [-0.39, 0.29) is 35.6 Å². The number of hydrazine groups is 1. The first-order valence-electron chi connectivity index (χ1n) is 11.5. The molecule has 0 fully saturated rings. The summed E-state index contributed by atoms with van der Waals surface area (Å²) in [5.74, 6) is -1.10. The van der Waals surface area contributed by atoms with Crippen molar-refractivity contribution in [2.24, 2.45) is 0 Å². The normalized spacial score (nSPS) is 18.0. The van der Waals surface area contributed by atoms with E-state index in [4.69, 9.17) is 5.26 Å². The van der Waals surface area contributed by atoms with Gasteiger partial charge in [-0.05, 0) is 42.0 Å². The topological polar surface area (TPSA) is 88.5 Å². The van der Waals surface area contributed by atoms with Crippen molar-refractivity contribution in [3.63, 3.8) is 0 Å². The van der Waals surface area contributed by atoms with E-state index in [0.29, 0.717) is 11.1 Å². The van der Waals surface area contributed by atoms with Gasteiger partial charge in [-0.2, -0.15) is 18.4 Å². The molecule has 0 saturated carbocycles. The molecule has 2 aliphatic rings. The van der Waals surface area contributed by atoms with Gasteiger partial charge in [0.1, 0.15) is 5.82 Å². The van der Waals surface area contributed by atoms with Gasteiger partial charge in [-0.1, -0.05) is 36.4 Å². The Morgan fingerprint density at radius 2 is 1.74 bits per heavy atom. The molecule has 2 N–H and O–H groups in total. The van der Waals surface area contributed by atoms with Crippen LogP contribution in [-0.4, -0.2) is 23.5 Å². The second-order valence-electron chi connectivity index (χ2n) is 8.75. The summed E-state index contributed by atoms with van der Waals surface area (Å²) < 4.78 is 54.7. The highest BCUT2D eigenvalue weighted by Gasteiger charge is 2.42. The zero-order valence-electron chi connectivity index (χ0n) is 19.6. The second-order valence-corrected chi connectivity index (χ2v) is 8.75. The lowest BCUT2D eigenvalue weighted by molar-refractivity contribution is -0.137. The minimum absolute atomic E-state index is 0.0468. The van der Waals surface area contributed by atoms with Gasteiger partial charge in [0.15, 0.2) is 0 Å². The molecule has 11 heteroatoms. The molecule has 5 rings (SSSR count). The Balaban J connectivity index is 1.61. The number of carbonyl (C=O) groups excluding carboxylic acids is 2. The Morgan fingerprint density at radius 1 is 1.00 bits per heavy atom. The minimum Gasteiger partial charge on any atom is -0.326 e. The molecule has 0 bridgehead atoms. The highest BCUT2D eigenvalue weighted by atomic mass is 19.4. The highest BCUT2D eigenvalue weighted by Crippen LogP contribution is 2.38. The molecule has 192 valence electrons. The third-order valence-electron chi connectivity index (χ3n) is 6.31. The van der Waals surface area contributed by atoms with Crippen LogP contribution in [0.2, 0.25) is 0 Å². The van der Waals surface area contributed by atoms with Crippen molar-refractivity contribution in [1.29, 1.82) is 5.26 Å². The molecule has 1 atom stereocenters. The second kappa shape index (κ2) is 9.64. The van der Waals surface area contributed by atoms with Gasteiger partial charge in [0.25, 0.3) is 5.91 Å². The molecular weight excluding hydrogens is 502 g/mol. The number of anilines is 1. The minimum atomic E-state index is -4.65. The quantitative estimate of drug-likeness (QED) is 0.484. The average molecular weight is 521 g/mol. The number of rotatable bonds is 4. The van der Waals surface area contributed by atoms with E-state index in [9.17, 15) is 27.2 Å². The van der Waals surface area contributed by atoms with Crippen molar-refractivity contribution in [1.82, 2.24) is 15.8 Å². The van der Waals surface area contributed by atoms with Crippen LogP contribution in [0.25, 0.3) is 0 Å². The molecule has 0 aliphatic carbocycles. The number of alkyl halides is 3. The number of carbonyl (C=O) groups is 2. The van der Waals surface area contributed by atoms with Gasteiger partial charge >= 0.3 is 12.2 Å². The van der Waals surface area contributed by atoms with E-state index in [1.165, 1.54) is 41.4 Å². The van der Waals surface area contributed by atoms with E-state index in [0.717, 1.165) is 17.0 Å².